The lowest BCUT2D eigenvalue weighted by Crippen LogP contribution is -2.33. The summed E-state index contributed by atoms with van der Waals surface area (Å²) in [4.78, 5) is 0.418. The van der Waals surface area contributed by atoms with Crippen molar-refractivity contribution in [2.24, 2.45) is 5.73 Å². The molecule has 1 aromatic carbocycles. The van der Waals surface area contributed by atoms with Gasteiger partial charge < -0.3 is 5.73 Å². The van der Waals surface area contributed by atoms with E-state index in [1.165, 1.54) is 0 Å². The molecule has 0 aromatic heterocycles. The van der Waals surface area contributed by atoms with Crippen LogP contribution in [0.1, 0.15) is 25.7 Å². The summed E-state index contributed by atoms with van der Waals surface area (Å²) in [5.74, 6) is 0. The number of benzene rings is 1. The van der Waals surface area contributed by atoms with Crippen molar-refractivity contribution >= 4 is 25.8 Å². The molecule has 3 nitrogen and oxygen atoms in total. The number of hydrogen-bond donors (Lipinski definition) is 1. The SMILES string of the molecule is NC1CCC(S(=O)(=O)c2ccc(Br)cc2)CC1. The maximum absolute atomic E-state index is 12.3. The summed E-state index contributed by atoms with van der Waals surface area (Å²) < 4.78 is 25.6. The van der Waals surface area contributed by atoms with E-state index in [-0.39, 0.29) is 11.3 Å². The minimum Gasteiger partial charge on any atom is -0.328 e. The lowest BCUT2D eigenvalue weighted by Gasteiger charge is -2.25. The molecular formula is C12H16BrNO2S. The van der Waals surface area contributed by atoms with Gasteiger partial charge in [-0.15, -0.1) is 0 Å². The number of hydrogen-bond acceptors (Lipinski definition) is 3. The van der Waals surface area contributed by atoms with E-state index in [4.69, 9.17) is 5.73 Å². The summed E-state index contributed by atoms with van der Waals surface area (Å²) in [5, 5.41) is -0.261. The van der Waals surface area contributed by atoms with Crippen LogP contribution < -0.4 is 5.73 Å². The lowest BCUT2D eigenvalue weighted by atomic mass is 9.96. The van der Waals surface area contributed by atoms with Crippen LogP contribution in [0.25, 0.3) is 0 Å². The maximum atomic E-state index is 12.3. The van der Waals surface area contributed by atoms with Crippen LogP contribution in [0.2, 0.25) is 0 Å². The molecule has 1 aliphatic rings. The van der Waals surface area contributed by atoms with Gasteiger partial charge in [0, 0.05) is 10.5 Å². The van der Waals surface area contributed by atoms with Crippen LogP contribution in [0.5, 0.6) is 0 Å². The molecular weight excluding hydrogens is 302 g/mol. The molecule has 0 saturated heterocycles. The molecule has 0 heterocycles. The third-order valence-electron chi connectivity index (χ3n) is 3.30. The summed E-state index contributed by atoms with van der Waals surface area (Å²) in [5.41, 5.74) is 5.80. The Morgan fingerprint density at radius 3 is 2.12 bits per heavy atom. The normalized spacial score (nSPS) is 25.8. The Hall–Kier alpha value is -0.390. The number of halogens is 1. The number of rotatable bonds is 2. The van der Waals surface area contributed by atoms with Crippen molar-refractivity contribution in [3.8, 4) is 0 Å². The first-order valence-electron chi connectivity index (χ1n) is 5.75. The number of sulfone groups is 1. The molecule has 1 aromatic rings. The predicted octanol–water partition coefficient (Wildman–Crippen LogP) is 2.49. The summed E-state index contributed by atoms with van der Waals surface area (Å²) >= 11 is 3.30. The summed E-state index contributed by atoms with van der Waals surface area (Å²) in [7, 11) is -3.18. The molecule has 5 heteroatoms. The predicted molar refractivity (Wildman–Crippen MR) is 71.6 cm³/mol. The molecule has 0 spiro atoms. The van der Waals surface area contributed by atoms with Gasteiger partial charge in [-0.1, -0.05) is 15.9 Å². The van der Waals surface area contributed by atoms with Crippen LogP contribution in [0, 0.1) is 0 Å². The van der Waals surface area contributed by atoms with Crippen molar-refractivity contribution in [1.82, 2.24) is 0 Å². The first-order valence-corrected chi connectivity index (χ1v) is 8.09. The van der Waals surface area contributed by atoms with Crippen molar-refractivity contribution in [1.29, 1.82) is 0 Å². The summed E-state index contributed by atoms with van der Waals surface area (Å²) in [6.07, 6.45) is 2.97. The van der Waals surface area contributed by atoms with E-state index in [9.17, 15) is 8.42 Å². The Morgan fingerprint density at radius 2 is 1.59 bits per heavy atom. The van der Waals surface area contributed by atoms with Gasteiger partial charge in [-0.05, 0) is 49.9 Å². The van der Waals surface area contributed by atoms with Crippen LogP contribution in [0.15, 0.2) is 33.6 Å². The molecule has 2 N–H and O–H groups in total. The average molecular weight is 318 g/mol. The minimum atomic E-state index is -3.18. The standard InChI is InChI=1S/C12H16BrNO2S/c13-9-1-5-11(6-2-9)17(15,16)12-7-3-10(14)4-8-12/h1-2,5-6,10,12H,3-4,7-8,14H2. The largest absolute Gasteiger partial charge is 0.328 e. The highest BCUT2D eigenvalue weighted by Crippen LogP contribution is 2.28. The molecule has 0 aliphatic heterocycles. The smallest absolute Gasteiger partial charge is 0.181 e. The Bertz CT molecular complexity index is 476. The van der Waals surface area contributed by atoms with Crippen molar-refractivity contribution < 1.29 is 8.42 Å². The van der Waals surface area contributed by atoms with Gasteiger partial charge in [-0.3, -0.25) is 0 Å². The Kier molecular flexibility index (Phi) is 3.90. The molecule has 0 atom stereocenters. The molecule has 2 rings (SSSR count). The average Bonchev–Trinajstić information content (AvgIpc) is 2.30. The van der Waals surface area contributed by atoms with Crippen LogP contribution in [0.3, 0.4) is 0 Å². The van der Waals surface area contributed by atoms with Gasteiger partial charge in [0.05, 0.1) is 10.1 Å². The molecule has 1 saturated carbocycles. The number of nitrogens with two attached hydrogens (primary N) is 1. The minimum absolute atomic E-state index is 0.173. The van der Waals surface area contributed by atoms with Crippen LogP contribution >= 0.6 is 15.9 Å². The quantitative estimate of drug-likeness (QED) is 0.911. The van der Waals surface area contributed by atoms with Gasteiger partial charge >= 0.3 is 0 Å². The van der Waals surface area contributed by atoms with E-state index < -0.39 is 9.84 Å². The fraction of sp³-hybridized carbons (Fsp3) is 0.500. The van der Waals surface area contributed by atoms with Crippen LogP contribution in [0.4, 0.5) is 0 Å². The lowest BCUT2D eigenvalue weighted by molar-refractivity contribution is 0.433. The molecule has 17 heavy (non-hydrogen) atoms. The third kappa shape index (κ3) is 2.89. The van der Waals surface area contributed by atoms with Crippen LogP contribution in [-0.2, 0) is 9.84 Å². The van der Waals surface area contributed by atoms with E-state index in [1.54, 1.807) is 24.3 Å². The zero-order valence-electron chi connectivity index (χ0n) is 9.47. The van der Waals surface area contributed by atoms with E-state index in [2.05, 4.69) is 15.9 Å². The van der Waals surface area contributed by atoms with E-state index >= 15 is 0 Å². The van der Waals surface area contributed by atoms with Crippen LogP contribution in [-0.4, -0.2) is 19.7 Å². The van der Waals surface area contributed by atoms with Crippen molar-refractivity contribution in [3.05, 3.63) is 28.7 Å². The van der Waals surface area contributed by atoms with E-state index in [0.29, 0.717) is 17.7 Å². The van der Waals surface area contributed by atoms with Gasteiger partial charge in [-0.2, -0.15) is 0 Å². The molecule has 1 aliphatic carbocycles. The Balaban J connectivity index is 2.21. The highest BCUT2D eigenvalue weighted by atomic mass is 79.9. The molecule has 94 valence electrons. The van der Waals surface area contributed by atoms with E-state index in [0.717, 1.165) is 17.3 Å². The Labute approximate surface area is 110 Å². The maximum Gasteiger partial charge on any atom is 0.181 e. The van der Waals surface area contributed by atoms with Gasteiger partial charge in [0.1, 0.15) is 0 Å². The zero-order chi connectivity index (χ0) is 12.5. The monoisotopic (exact) mass is 317 g/mol. The fourth-order valence-electron chi connectivity index (χ4n) is 2.22. The third-order valence-corrected chi connectivity index (χ3v) is 6.11. The molecule has 0 amide bonds. The second-order valence-corrected chi connectivity index (χ2v) is 7.68. The second kappa shape index (κ2) is 5.08. The molecule has 0 bridgehead atoms. The van der Waals surface area contributed by atoms with Crippen molar-refractivity contribution in [2.45, 2.75) is 41.9 Å². The Morgan fingerprint density at radius 1 is 1.06 bits per heavy atom. The van der Waals surface area contributed by atoms with Crippen molar-refractivity contribution in [2.75, 3.05) is 0 Å². The molecule has 0 radical (unpaired) electrons. The highest BCUT2D eigenvalue weighted by molar-refractivity contribution is 9.10. The van der Waals surface area contributed by atoms with Gasteiger partial charge in [0.15, 0.2) is 9.84 Å². The topological polar surface area (TPSA) is 60.2 Å². The molecule has 1 fully saturated rings. The van der Waals surface area contributed by atoms with E-state index in [1.807, 2.05) is 0 Å². The fourth-order valence-corrected chi connectivity index (χ4v) is 4.27. The van der Waals surface area contributed by atoms with Gasteiger partial charge in [0.2, 0.25) is 0 Å². The van der Waals surface area contributed by atoms with Gasteiger partial charge in [-0.25, -0.2) is 8.42 Å². The summed E-state index contributed by atoms with van der Waals surface area (Å²) in [6.45, 7) is 0. The first kappa shape index (κ1) is 13.1. The van der Waals surface area contributed by atoms with Gasteiger partial charge in [0.25, 0.3) is 0 Å². The zero-order valence-corrected chi connectivity index (χ0v) is 11.9. The highest BCUT2D eigenvalue weighted by Gasteiger charge is 2.30. The first-order chi connectivity index (χ1) is 8.00. The second-order valence-electron chi connectivity index (χ2n) is 4.54. The van der Waals surface area contributed by atoms with Crippen molar-refractivity contribution in [3.63, 3.8) is 0 Å². The molecule has 0 unspecified atom stereocenters. The summed E-state index contributed by atoms with van der Waals surface area (Å²) in [6, 6.07) is 7.02.